The van der Waals surface area contributed by atoms with Gasteiger partial charge in [0.1, 0.15) is 12.4 Å². The van der Waals surface area contributed by atoms with E-state index in [0.29, 0.717) is 6.61 Å². The average Bonchev–Trinajstić information content (AvgIpc) is 2.47. The summed E-state index contributed by atoms with van der Waals surface area (Å²) in [6.45, 7) is 4.70. The van der Waals surface area contributed by atoms with Gasteiger partial charge in [0.15, 0.2) is 0 Å². The molecule has 0 aliphatic heterocycles. The zero-order valence-electron chi connectivity index (χ0n) is 12.0. The number of para-hydroxylation sites is 1. The molecule has 0 aliphatic carbocycles. The third-order valence-corrected chi connectivity index (χ3v) is 3.10. The molecule has 2 N–H and O–H groups in total. The highest BCUT2D eigenvalue weighted by Gasteiger charge is 2.06. The van der Waals surface area contributed by atoms with Gasteiger partial charge in [-0.15, -0.1) is 0 Å². The van der Waals surface area contributed by atoms with Crippen LogP contribution in [0, 0.1) is 0 Å². The first-order valence-corrected chi connectivity index (χ1v) is 7.08. The van der Waals surface area contributed by atoms with Crippen LogP contribution in [0.15, 0.2) is 54.6 Å². The molecular formula is C17H22N2O. The van der Waals surface area contributed by atoms with Gasteiger partial charge in [0, 0.05) is 17.9 Å². The molecule has 2 rings (SSSR count). The Morgan fingerprint density at radius 3 is 2.50 bits per heavy atom. The molecule has 2 aromatic rings. The lowest BCUT2D eigenvalue weighted by Crippen LogP contribution is -2.29. The third kappa shape index (κ3) is 4.19. The van der Waals surface area contributed by atoms with Crippen LogP contribution in [0.4, 0.5) is 11.4 Å². The fourth-order valence-electron chi connectivity index (χ4n) is 2.15. The Hall–Kier alpha value is -2.16. The van der Waals surface area contributed by atoms with E-state index in [2.05, 4.69) is 17.9 Å². The van der Waals surface area contributed by atoms with E-state index in [4.69, 9.17) is 10.5 Å². The molecule has 3 nitrogen and oxygen atoms in total. The van der Waals surface area contributed by atoms with E-state index in [1.165, 1.54) is 0 Å². The summed E-state index contributed by atoms with van der Waals surface area (Å²) in [7, 11) is 0. The van der Waals surface area contributed by atoms with Crippen LogP contribution < -0.4 is 15.4 Å². The van der Waals surface area contributed by atoms with Gasteiger partial charge < -0.3 is 15.4 Å². The molecular weight excluding hydrogens is 248 g/mol. The third-order valence-electron chi connectivity index (χ3n) is 3.10. The van der Waals surface area contributed by atoms with Crippen molar-refractivity contribution in [1.29, 1.82) is 0 Å². The zero-order valence-corrected chi connectivity index (χ0v) is 12.0. The van der Waals surface area contributed by atoms with Gasteiger partial charge >= 0.3 is 0 Å². The highest BCUT2D eigenvalue weighted by atomic mass is 16.5. The van der Waals surface area contributed by atoms with Crippen molar-refractivity contribution < 1.29 is 4.74 Å². The van der Waals surface area contributed by atoms with Gasteiger partial charge in [-0.05, 0) is 36.8 Å². The summed E-state index contributed by atoms with van der Waals surface area (Å²) in [5.74, 6) is 0.913. The lowest BCUT2D eigenvalue weighted by molar-refractivity contribution is 0.323. The van der Waals surface area contributed by atoms with Crippen molar-refractivity contribution in [1.82, 2.24) is 0 Å². The van der Waals surface area contributed by atoms with Crippen LogP contribution in [0.1, 0.15) is 13.3 Å². The minimum absolute atomic E-state index is 0.665. The second kappa shape index (κ2) is 7.43. The van der Waals surface area contributed by atoms with Crippen LogP contribution >= 0.6 is 0 Å². The molecule has 0 heterocycles. The summed E-state index contributed by atoms with van der Waals surface area (Å²) in [6.07, 6.45) is 1.10. The first-order valence-electron chi connectivity index (χ1n) is 7.08. The van der Waals surface area contributed by atoms with Crippen LogP contribution in [-0.4, -0.2) is 19.7 Å². The first kappa shape index (κ1) is 14.3. The summed E-state index contributed by atoms with van der Waals surface area (Å²) in [6, 6.07) is 17.9. The Balaban J connectivity index is 1.92. The lowest BCUT2D eigenvalue weighted by Gasteiger charge is -2.24. The monoisotopic (exact) mass is 270 g/mol. The SMILES string of the molecule is CCCN(CCOc1ccccc1)c1cccc(N)c1. The van der Waals surface area contributed by atoms with Gasteiger partial charge in [0.25, 0.3) is 0 Å². The highest BCUT2D eigenvalue weighted by molar-refractivity contribution is 5.55. The van der Waals surface area contributed by atoms with Crippen molar-refractivity contribution >= 4 is 11.4 Å². The number of ether oxygens (including phenoxy) is 1. The number of nitrogen functional groups attached to an aromatic ring is 1. The van der Waals surface area contributed by atoms with Crippen LogP contribution in [-0.2, 0) is 0 Å². The molecule has 0 radical (unpaired) electrons. The zero-order chi connectivity index (χ0) is 14.2. The van der Waals surface area contributed by atoms with Gasteiger partial charge in [-0.3, -0.25) is 0 Å². The van der Waals surface area contributed by atoms with Crippen molar-refractivity contribution in [3.05, 3.63) is 54.6 Å². The molecule has 3 heteroatoms. The maximum Gasteiger partial charge on any atom is 0.119 e. The van der Waals surface area contributed by atoms with E-state index >= 15 is 0 Å². The first-order chi connectivity index (χ1) is 9.79. The Bertz CT molecular complexity index is 513. The predicted molar refractivity (Wildman–Crippen MR) is 85.3 cm³/mol. The lowest BCUT2D eigenvalue weighted by atomic mass is 10.2. The van der Waals surface area contributed by atoms with Crippen molar-refractivity contribution in [3.8, 4) is 5.75 Å². The Morgan fingerprint density at radius 2 is 1.80 bits per heavy atom. The van der Waals surface area contributed by atoms with Gasteiger partial charge in [0.2, 0.25) is 0 Å². The number of nitrogens with two attached hydrogens (primary N) is 1. The van der Waals surface area contributed by atoms with E-state index in [1.807, 2.05) is 48.5 Å². The number of benzene rings is 2. The van der Waals surface area contributed by atoms with Gasteiger partial charge in [-0.2, -0.15) is 0 Å². The molecule has 0 spiro atoms. The van der Waals surface area contributed by atoms with Gasteiger partial charge in [-0.25, -0.2) is 0 Å². The average molecular weight is 270 g/mol. The van der Waals surface area contributed by atoms with Crippen molar-refractivity contribution in [3.63, 3.8) is 0 Å². The molecule has 0 aromatic heterocycles. The molecule has 0 fully saturated rings. The number of hydrogen-bond donors (Lipinski definition) is 1. The topological polar surface area (TPSA) is 38.5 Å². The van der Waals surface area contributed by atoms with Crippen LogP contribution in [0.2, 0.25) is 0 Å². The Morgan fingerprint density at radius 1 is 1.00 bits per heavy atom. The number of anilines is 2. The molecule has 0 saturated carbocycles. The summed E-state index contributed by atoms with van der Waals surface area (Å²) in [4.78, 5) is 2.30. The smallest absolute Gasteiger partial charge is 0.119 e. The maximum absolute atomic E-state index is 5.85. The second-order valence-electron chi connectivity index (χ2n) is 4.74. The van der Waals surface area contributed by atoms with Crippen molar-refractivity contribution in [2.45, 2.75) is 13.3 Å². The number of nitrogens with zero attached hydrogens (tertiary/aromatic N) is 1. The summed E-state index contributed by atoms with van der Waals surface area (Å²) in [5.41, 5.74) is 7.81. The molecule has 0 aliphatic rings. The molecule has 0 amide bonds. The fraction of sp³-hybridized carbons (Fsp3) is 0.294. The molecule has 20 heavy (non-hydrogen) atoms. The predicted octanol–water partition coefficient (Wildman–Crippen LogP) is 3.56. The minimum atomic E-state index is 0.665. The number of hydrogen-bond acceptors (Lipinski definition) is 3. The molecule has 0 atom stereocenters. The maximum atomic E-state index is 5.85. The van der Waals surface area contributed by atoms with Gasteiger partial charge in [-0.1, -0.05) is 31.2 Å². The minimum Gasteiger partial charge on any atom is -0.492 e. The van der Waals surface area contributed by atoms with E-state index in [-0.39, 0.29) is 0 Å². The molecule has 106 valence electrons. The van der Waals surface area contributed by atoms with Crippen LogP contribution in [0.25, 0.3) is 0 Å². The summed E-state index contributed by atoms with van der Waals surface area (Å²) < 4.78 is 5.76. The second-order valence-corrected chi connectivity index (χ2v) is 4.74. The molecule has 2 aromatic carbocycles. The fourth-order valence-corrected chi connectivity index (χ4v) is 2.15. The van der Waals surface area contributed by atoms with Gasteiger partial charge in [0.05, 0.1) is 6.54 Å². The van der Waals surface area contributed by atoms with E-state index in [9.17, 15) is 0 Å². The van der Waals surface area contributed by atoms with Crippen LogP contribution in [0.5, 0.6) is 5.75 Å². The Labute approximate surface area is 121 Å². The molecule has 0 unspecified atom stereocenters. The van der Waals surface area contributed by atoms with E-state index in [0.717, 1.165) is 36.6 Å². The molecule has 0 bridgehead atoms. The van der Waals surface area contributed by atoms with Crippen molar-refractivity contribution in [2.75, 3.05) is 30.3 Å². The summed E-state index contributed by atoms with van der Waals surface area (Å²) >= 11 is 0. The highest BCUT2D eigenvalue weighted by Crippen LogP contribution is 2.18. The van der Waals surface area contributed by atoms with E-state index < -0.39 is 0 Å². The van der Waals surface area contributed by atoms with Crippen LogP contribution in [0.3, 0.4) is 0 Å². The quantitative estimate of drug-likeness (QED) is 0.782. The largest absolute Gasteiger partial charge is 0.492 e. The molecule has 0 saturated heterocycles. The normalized spacial score (nSPS) is 10.2. The van der Waals surface area contributed by atoms with E-state index in [1.54, 1.807) is 0 Å². The Kier molecular flexibility index (Phi) is 5.30. The number of rotatable bonds is 7. The van der Waals surface area contributed by atoms with Crippen molar-refractivity contribution in [2.24, 2.45) is 0 Å². The summed E-state index contributed by atoms with van der Waals surface area (Å²) in [5, 5.41) is 0. The standard InChI is InChI=1S/C17H22N2O/c1-2-11-19(16-8-6-7-15(18)14-16)12-13-20-17-9-4-3-5-10-17/h3-10,14H,2,11-13,18H2,1H3.